The summed E-state index contributed by atoms with van der Waals surface area (Å²) in [6.07, 6.45) is 2.97. The zero-order valence-electron chi connectivity index (χ0n) is 19.3. The predicted octanol–water partition coefficient (Wildman–Crippen LogP) is 2.69. The van der Waals surface area contributed by atoms with Gasteiger partial charge in [0.1, 0.15) is 11.3 Å². The normalized spacial score (nSPS) is 15.2. The van der Waals surface area contributed by atoms with E-state index in [4.69, 9.17) is 14.8 Å². The molecular formula is C23H30N6O3. The Labute approximate surface area is 186 Å². The number of nitrogens with one attached hydrogen (secondary N) is 2. The Hall–Kier alpha value is -3.07. The van der Waals surface area contributed by atoms with Crippen molar-refractivity contribution in [1.82, 2.24) is 30.0 Å². The molecule has 0 aromatic carbocycles. The molecule has 2 N–H and O–H groups in total. The summed E-state index contributed by atoms with van der Waals surface area (Å²) in [6.45, 7) is 11.9. The maximum absolute atomic E-state index is 13.1. The van der Waals surface area contributed by atoms with Gasteiger partial charge in [0, 0.05) is 24.8 Å². The van der Waals surface area contributed by atoms with Gasteiger partial charge in [0.15, 0.2) is 11.3 Å². The zero-order chi connectivity index (χ0) is 23.0. The quantitative estimate of drug-likeness (QED) is 0.520. The van der Waals surface area contributed by atoms with E-state index in [1.54, 1.807) is 6.07 Å². The largest absolute Gasteiger partial charge is 0.477 e. The van der Waals surface area contributed by atoms with Crippen molar-refractivity contribution in [2.24, 2.45) is 5.92 Å². The number of Topliss-reactive ketones (excluding diaryl/α,β-unsaturated/α-hetero) is 1. The van der Waals surface area contributed by atoms with Crippen LogP contribution in [0.1, 0.15) is 57.1 Å². The third-order valence-electron chi connectivity index (χ3n) is 6.27. The van der Waals surface area contributed by atoms with Crippen molar-refractivity contribution in [2.45, 2.75) is 53.0 Å². The van der Waals surface area contributed by atoms with Crippen LogP contribution in [-0.2, 0) is 12.0 Å². The minimum absolute atomic E-state index is 0.123. The van der Waals surface area contributed by atoms with Gasteiger partial charge in [-0.1, -0.05) is 27.7 Å². The molecule has 32 heavy (non-hydrogen) atoms. The van der Waals surface area contributed by atoms with Crippen LogP contribution in [0.3, 0.4) is 0 Å². The Kier molecular flexibility index (Phi) is 5.85. The number of ether oxygens (including phenoxy) is 1. The number of ketones is 1. The first-order valence-electron chi connectivity index (χ1n) is 11.2. The number of H-pyrrole nitrogens is 1. The lowest BCUT2D eigenvalue weighted by Crippen LogP contribution is -2.64. The first-order valence-corrected chi connectivity index (χ1v) is 11.2. The lowest BCUT2D eigenvalue weighted by Gasteiger charge is -2.46. The number of fused-ring (bicyclic) bond motifs is 1. The molecule has 170 valence electrons. The van der Waals surface area contributed by atoms with E-state index in [-0.39, 0.29) is 16.9 Å². The average Bonchev–Trinajstić information content (AvgIpc) is 3.10. The number of hydrogen-bond acceptors (Lipinski definition) is 7. The van der Waals surface area contributed by atoms with Crippen molar-refractivity contribution in [3.8, 4) is 17.3 Å². The molecule has 1 aliphatic heterocycles. The third-order valence-corrected chi connectivity index (χ3v) is 6.27. The number of nitrogens with zero attached hydrogens (tertiary/aromatic N) is 4. The van der Waals surface area contributed by atoms with Gasteiger partial charge in [0.25, 0.3) is 5.56 Å². The van der Waals surface area contributed by atoms with Crippen LogP contribution in [0.4, 0.5) is 0 Å². The molecular weight excluding hydrogens is 408 g/mol. The monoisotopic (exact) mass is 438 g/mol. The summed E-state index contributed by atoms with van der Waals surface area (Å²) >= 11 is 0. The second-order valence-electron chi connectivity index (χ2n) is 8.67. The molecule has 0 saturated carbocycles. The van der Waals surface area contributed by atoms with Gasteiger partial charge in [0.2, 0.25) is 5.88 Å². The number of pyridine rings is 1. The molecule has 3 aromatic heterocycles. The predicted molar refractivity (Wildman–Crippen MR) is 122 cm³/mol. The zero-order valence-corrected chi connectivity index (χ0v) is 19.3. The van der Waals surface area contributed by atoms with Crippen LogP contribution >= 0.6 is 0 Å². The minimum Gasteiger partial charge on any atom is -0.477 e. The first kappa shape index (κ1) is 22.1. The highest BCUT2D eigenvalue weighted by Gasteiger charge is 2.44. The molecule has 1 fully saturated rings. The van der Waals surface area contributed by atoms with Crippen molar-refractivity contribution in [3.63, 3.8) is 0 Å². The molecule has 3 aromatic rings. The van der Waals surface area contributed by atoms with E-state index < -0.39 is 0 Å². The smallest absolute Gasteiger partial charge is 0.279 e. The second kappa shape index (κ2) is 8.46. The van der Waals surface area contributed by atoms with Crippen molar-refractivity contribution in [2.75, 3.05) is 19.7 Å². The van der Waals surface area contributed by atoms with Gasteiger partial charge >= 0.3 is 0 Å². The van der Waals surface area contributed by atoms with Crippen molar-refractivity contribution >= 4 is 16.8 Å². The molecule has 4 rings (SSSR count). The SMILES string of the molecule is CCCOc1ncc(C(C)=O)cc1-c1nc2c(CC)n(C3(C(C)C)CNC3)nc2c(=O)[nH]1. The van der Waals surface area contributed by atoms with Gasteiger partial charge < -0.3 is 15.0 Å². The molecule has 0 atom stereocenters. The Balaban J connectivity index is 1.93. The number of hydrogen-bond donors (Lipinski definition) is 2. The maximum atomic E-state index is 13.1. The second-order valence-corrected chi connectivity index (χ2v) is 8.67. The Bertz CT molecular complexity index is 1220. The summed E-state index contributed by atoms with van der Waals surface area (Å²) in [4.78, 5) is 37.0. The van der Waals surface area contributed by atoms with Crippen molar-refractivity contribution in [3.05, 3.63) is 33.9 Å². The number of aromatic amines is 1. The summed E-state index contributed by atoms with van der Waals surface area (Å²) in [5.41, 5.74) is 2.25. The van der Waals surface area contributed by atoms with Crippen LogP contribution in [0.5, 0.6) is 5.88 Å². The van der Waals surface area contributed by atoms with Gasteiger partial charge in [-0.3, -0.25) is 14.3 Å². The van der Waals surface area contributed by atoms with Crippen molar-refractivity contribution in [1.29, 1.82) is 0 Å². The van der Waals surface area contributed by atoms with Gasteiger partial charge in [-0.15, -0.1) is 0 Å². The van der Waals surface area contributed by atoms with E-state index in [9.17, 15) is 9.59 Å². The van der Waals surface area contributed by atoms with E-state index in [0.717, 1.165) is 25.2 Å². The average molecular weight is 439 g/mol. The molecule has 4 heterocycles. The molecule has 0 spiro atoms. The summed E-state index contributed by atoms with van der Waals surface area (Å²) in [7, 11) is 0. The molecule has 1 saturated heterocycles. The number of carbonyl (C=O) groups excluding carboxylic acids is 1. The van der Waals surface area contributed by atoms with Crippen LogP contribution in [-0.4, -0.2) is 50.2 Å². The van der Waals surface area contributed by atoms with Crippen LogP contribution in [0, 0.1) is 5.92 Å². The molecule has 0 radical (unpaired) electrons. The topological polar surface area (TPSA) is 115 Å². The van der Waals surface area contributed by atoms with E-state index in [0.29, 0.717) is 52.8 Å². The first-order chi connectivity index (χ1) is 15.3. The van der Waals surface area contributed by atoms with Gasteiger partial charge in [-0.05, 0) is 31.7 Å². The number of carbonyl (C=O) groups is 1. The van der Waals surface area contributed by atoms with Crippen LogP contribution in [0.15, 0.2) is 17.1 Å². The summed E-state index contributed by atoms with van der Waals surface area (Å²) in [5.74, 6) is 0.880. The van der Waals surface area contributed by atoms with Gasteiger partial charge in [-0.2, -0.15) is 5.10 Å². The fourth-order valence-electron chi connectivity index (χ4n) is 4.15. The van der Waals surface area contributed by atoms with Crippen molar-refractivity contribution < 1.29 is 9.53 Å². The van der Waals surface area contributed by atoms with Crippen LogP contribution < -0.4 is 15.6 Å². The summed E-state index contributed by atoms with van der Waals surface area (Å²) in [5, 5.41) is 8.07. The van der Waals surface area contributed by atoms with E-state index in [2.05, 4.69) is 29.1 Å². The highest BCUT2D eigenvalue weighted by Crippen LogP contribution is 2.34. The van der Waals surface area contributed by atoms with E-state index in [1.165, 1.54) is 13.1 Å². The standard InChI is InChI=1S/C23H30N6O3/c1-6-8-32-22-16(9-15(10-25-22)14(5)30)20-26-18-17(7-2)29(28-19(18)21(31)27-20)23(13(3)4)11-24-12-23/h9-10,13,24H,6-8,11-12H2,1-5H3,(H,26,27,31). The Morgan fingerprint density at radius 1 is 1.28 bits per heavy atom. The van der Waals surface area contributed by atoms with Crippen LogP contribution in [0.25, 0.3) is 22.4 Å². The number of rotatable bonds is 8. The highest BCUT2D eigenvalue weighted by atomic mass is 16.5. The fourth-order valence-corrected chi connectivity index (χ4v) is 4.15. The molecule has 9 heteroatoms. The molecule has 0 unspecified atom stereocenters. The third kappa shape index (κ3) is 3.50. The summed E-state index contributed by atoms with van der Waals surface area (Å²) < 4.78 is 7.79. The lowest BCUT2D eigenvalue weighted by molar-refractivity contribution is 0.0911. The molecule has 0 bridgehead atoms. The molecule has 1 aliphatic rings. The number of aryl methyl sites for hydroxylation is 1. The molecule has 0 aliphatic carbocycles. The Morgan fingerprint density at radius 2 is 2.03 bits per heavy atom. The van der Waals surface area contributed by atoms with E-state index >= 15 is 0 Å². The lowest BCUT2D eigenvalue weighted by atomic mass is 9.81. The minimum atomic E-state index is -0.320. The summed E-state index contributed by atoms with van der Waals surface area (Å²) in [6, 6.07) is 1.67. The highest BCUT2D eigenvalue weighted by molar-refractivity contribution is 5.95. The molecule has 9 nitrogen and oxygen atoms in total. The van der Waals surface area contributed by atoms with Crippen LogP contribution in [0.2, 0.25) is 0 Å². The fraction of sp³-hybridized carbons (Fsp3) is 0.522. The molecule has 0 amide bonds. The van der Waals surface area contributed by atoms with Gasteiger partial charge in [0.05, 0.1) is 23.4 Å². The number of aromatic nitrogens is 5. The Morgan fingerprint density at radius 3 is 2.59 bits per heavy atom. The van der Waals surface area contributed by atoms with E-state index in [1.807, 2.05) is 18.5 Å². The van der Waals surface area contributed by atoms with Gasteiger partial charge in [-0.25, -0.2) is 9.97 Å². The maximum Gasteiger partial charge on any atom is 0.279 e.